The molecule has 0 fully saturated rings. The summed E-state index contributed by atoms with van der Waals surface area (Å²) in [5, 5.41) is 1.69. The summed E-state index contributed by atoms with van der Waals surface area (Å²) in [5.41, 5.74) is 10.3. The van der Waals surface area contributed by atoms with Gasteiger partial charge in [0, 0.05) is 40.1 Å². The van der Waals surface area contributed by atoms with Crippen LogP contribution in [0.15, 0.2) is 55.0 Å². The molecule has 23 heavy (non-hydrogen) atoms. The quantitative estimate of drug-likeness (QED) is 0.586. The number of halogens is 1. The van der Waals surface area contributed by atoms with E-state index in [9.17, 15) is 0 Å². The van der Waals surface area contributed by atoms with E-state index in [1.807, 2.05) is 42.7 Å². The maximum Gasteiger partial charge on any atom is 0.220 e. The smallest absolute Gasteiger partial charge is 0.220 e. The molecule has 0 saturated heterocycles. The standard InChI is InChI=1S/C17H12ClN5/c18-12-3-1-10(2-4-12)11-7-13-14(9-22-16(13)21-8-11)15-5-6-20-17(19)23-15/h1-9H,(H,21,22)(H2,19,20,23). The van der Waals surface area contributed by atoms with Crippen molar-refractivity contribution in [1.82, 2.24) is 19.9 Å². The fraction of sp³-hybridized carbons (Fsp3) is 0. The van der Waals surface area contributed by atoms with E-state index in [4.69, 9.17) is 17.3 Å². The first-order valence-corrected chi connectivity index (χ1v) is 7.40. The Kier molecular flexibility index (Phi) is 3.20. The Balaban J connectivity index is 1.88. The summed E-state index contributed by atoms with van der Waals surface area (Å²) in [7, 11) is 0. The van der Waals surface area contributed by atoms with Crippen LogP contribution >= 0.6 is 11.6 Å². The molecule has 0 bridgehead atoms. The molecule has 0 aliphatic rings. The molecule has 0 aliphatic carbocycles. The Morgan fingerprint density at radius 1 is 1.00 bits per heavy atom. The zero-order valence-corrected chi connectivity index (χ0v) is 12.7. The summed E-state index contributed by atoms with van der Waals surface area (Å²) in [5.74, 6) is 0.249. The summed E-state index contributed by atoms with van der Waals surface area (Å²) >= 11 is 5.95. The van der Waals surface area contributed by atoms with E-state index in [-0.39, 0.29) is 5.95 Å². The van der Waals surface area contributed by atoms with Crippen LogP contribution in [0.4, 0.5) is 5.95 Å². The van der Waals surface area contributed by atoms with Crippen molar-refractivity contribution in [2.45, 2.75) is 0 Å². The predicted octanol–water partition coefficient (Wildman–Crippen LogP) is 3.92. The highest BCUT2D eigenvalue weighted by atomic mass is 35.5. The molecule has 5 nitrogen and oxygen atoms in total. The second-order valence-electron chi connectivity index (χ2n) is 5.13. The molecular weight excluding hydrogens is 310 g/mol. The molecule has 112 valence electrons. The number of nitrogens with zero attached hydrogens (tertiary/aromatic N) is 3. The number of nitrogens with two attached hydrogens (primary N) is 1. The van der Waals surface area contributed by atoms with Crippen molar-refractivity contribution in [3.63, 3.8) is 0 Å². The molecule has 1 aromatic carbocycles. The SMILES string of the molecule is Nc1nccc(-c2c[nH]c3ncc(-c4ccc(Cl)cc4)cc23)n1. The van der Waals surface area contributed by atoms with Gasteiger partial charge in [-0.15, -0.1) is 0 Å². The second kappa shape index (κ2) is 5.37. The van der Waals surface area contributed by atoms with Gasteiger partial charge in [-0.05, 0) is 29.8 Å². The van der Waals surface area contributed by atoms with Gasteiger partial charge in [0.05, 0.1) is 5.69 Å². The summed E-state index contributed by atoms with van der Waals surface area (Å²) in [6, 6.07) is 11.6. The fourth-order valence-electron chi connectivity index (χ4n) is 2.54. The van der Waals surface area contributed by atoms with E-state index >= 15 is 0 Å². The minimum absolute atomic E-state index is 0.249. The molecule has 3 N–H and O–H groups in total. The van der Waals surface area contributed by atoms with Gasteiger partial charge in [0.1, 0.15) is 5.65 Å². The normalized spacial score (nSPS) is 11.0. The molecule has 0 saturated carbocycles. The zero-order valence-electron chi connectivity index (χ0n) is 12.0. The number of pyridine rings is 1. The highest BCUT2D eigenvalue weighted by Gasteiger charge is 2.10. The van der Waals surface area contributed by atoms with Crippen LogP contribution in [0.5, 0.6) is 0 Å². The van der Waals surface area contributed by atoms with E-state index < -0.39 is 0 Å². The van der Waals surface area contributed by atoms with Crippen LogP contribution in [0.3, 0.4) is 0 Å². The largest absolute Gasteiger partial charge is 0.368 e. The Labute approximate surface area is 137 Å². The number of nitrogen functional groups attached to an aromatic ring is 1. The van der Waals surface area contributed by atoms with Crippen LogP contribution in [-0.4, -0.2) is 19.9 Å². The number of benzene rings is 1. The molecule has 0 atom stereocenters. The molecule has 3 aromatic heterocycles. The third-order valence-corrected chi connectivity index (χ3v) is 3.91. The van der Waals surface area contributed by atoms with Gasteiger partial charge < -0.3 is 10.7 Å². The van der Waals surface area contributed by atoms with E-state index in [0.717, 1.165) is 33.4 Å². The summed E-state index contributed by atoms with van der Waals surface area (Å²) < 4.78 is 0. The molecule has 0 aliphatic heterocycles. The molecule has 0 spiro atoms. The maximum atomic E-state index is 5.95. The monoisotopic (exact) mass is 321 g/mol. The molecule has 4 rings (SSSR count). The molecule has 0 unspecified atom stereocenters. The third kappa shape index (κ3) is 2.51. The summed E-state index contributed by atoms with van der Waals surface area (Å²) in [4.78, 5) is 15.9. The van der Waals surface area contributed by atoms with E-state index in [2.05, 4.69) is 26.0 Å². The number of hydrogen-bond acceptors (Lipinski definition) is 4. The van der Waals surface area contributed by atoms with Crippen molar-refractivity contribution in [2.75, 3.05) is 5.73 Å². The van der Waals surface area contributed by atoms with Crippen LogP contribution in [0.1, 0.15) is 0 Å². The van der Waals surface area contributed by atoms with Gasteiger partial charge in [-0.25, -0.2) is 15.0 Å². The molecule has 0 amide bonds. The Morgan fingerprint density at radius 2 is 1.83 bits per heavy atom. The van der Waals surface area contributed by atoms with Crippen LogP contribution in [0, 0.1) is 0 Å². The minimum atomic E-state index is 0.249. The lowest BCUT2D eigenvalue weighted by atomic mass is 10.0. The van der Waals surface area contributed by atoms with Crippen molar-refractivity contribution in [3.05, 3.63) is 60.0 Å². The third-order valence-electron chi connectivity index (χ3n) is 3.66. The molecule has 0 radical (unpaired) electrons. The van der Waals surface area contributed by atoms with Crippen LogP contribution in [-0.2, 0) is 0 Å². The minimum Gasteiger partial charge on any atom is -0.368 e. The van der Waals surface area contributed by atoms with Gasteiger partial charge in [-0.3, -0.25) is 0 Å². The number of nitrogens with one attached hydrogen (secondary N) is 1. The number of aromatic nitrogens is 4. The Bertz CT molecular complexity index is 991. The number of hydrogen-bond donors (Lipinski definition) is 2. The van der Waals surface area contributed by atoms with Gasteiger partial charge >= 0.3 is 0 Å². The van der Waals surface area contributed by atoms with Gasteiger partial charge in [-0.2, -0.15) is 0 Å². The van der Waals surface area contributed by atoms with Crippen LogP contribution < -0.4 is 5.73 Å². The summed E-state index contributed by atoms with van der Waals surface area (Å²) in [6.07, 6.45) is 5.36. The molecule has 6 heteroatoms. The topological polar surface area (TPSA) is 80.5 Å². The van der Waals surface area contributed by atoms with Gasteiger partial charge in [-0.1, -0.05) is 23.7 Å². The first kappa shape index (κ1) is 13.7. The highest BCUT2D eigenvalue weighted by molar-refractivity contribution is 6.30. The van der Waals surface area contributed by atoms with Crippen LogP contribution in [0.25, 0.3) is 33.4 Å². The Hall–Kier alpha value is -2.92. The number of fused-ring (bicyclic) bond motifs is 1. The predicted molar refractivity (Wildman–Crippen MR) is 92.0 cm³/mol. The average Bonchev–Trinajstić information content (AvgIpc) is 2.98. The summed E-state index contributed by atoms with van der Waals surface area (Å²) in [6.45, 7) is 0. The van der Waals surface area contributed by atoms with Crippen molar-refractivity contribution < 1.29 is 0 Å². The Morgan fingerprint density at radius 3 is 2.61 bits per heavy atom. The van der Waals surface area contributed by atoms with Crippen molar-refractivity contribution in [3.8, 4) is 22.4 Å². The molecule has 4 aromatic rings. The average molecular weight is 322 g/mol. The lowest BCUT2D eigenvalue weighted by Gasteiger charge is -2.03. The fourth-order valence-corrected chi connectivity index (χ4v) is 2.67. The second-order valence-corrected chi connectivity index (χ2v) is 5.57. The maximum absolute atomic E-state index is 5.95. The first-order valence-electron chi connectivity index (χ1n) is 7.03. The number of H-pyrrole nitrogens is 1. The van der Waals surface area contributed by atoms with Gasteiger partial charge in [0.25, 0.3) is 0 Å². The van der Waals surface area contributed by atoms with Gasteiger partial charge in [0.15, 0.2) is 0 Å². The zero-order chi connectivity index (χ0) is 15.8. The number of aromatic amines is 1. The molecule has 3 heterocycles. The van der Waals surface area contributed by atoms with E-state index in [0.29, 0.717) is 5.02 Å². The van der Waals surface area contributed by atoms with E-state index in [1.165, 1.54) is 0 Å². The highest BCUT2D eigenvalue weighted by Crippen LogP contribution is 2.30. The van der Waals surface area contributed by atoms with Crippen molar-refractivity contribution in [2.24, 2.45) is 0 Å². The van der Waals surface area contributed by atoms with Crippen LogP contribution in [0.2, 0.25) is 5.02 Å². The van der Waals surface area contributed by atoms with Crippen molar-refractivity contribution in [1.29, 1.82) is 0 Å². The number of rotatable bonds is 2. The lowest BCUT2D eigenvalue weighted by Crippen LogP contribution is -1.94. The first-order chi connectivity index (χ1) is 11.2. The van der Waals surface area contributed by atoms with Gasteiger partial charge in [0.2, 0.25) is 5.95 Å². The number of anilines is 1. The van der Waals surface area contributed by atoms with E-state index in [1.54, 1.807) is 6.20 Å². The molecular formula is C17H12ClN5. The lowest BCUT2D eigenvalue weighted by molar-refractivity contribution is 1.19. The van der Waals surface area contributed by atoms with Crippen molar-refractivity contribution >= 4 is 28.6 Å².